The van der Waals surface area contributed by atoms with Crippen molar-refractivity contribution < 1.29 is 0 Å². The van der Waals surface area contributed by atoms with Crippen LogP contribution in [0.15, 0.2) is 65.0 Å². The standard InChI is InChI=1S/C22H20N2OS/c1-15-8-9-18(16(2)12-15)19-13-26-21-20(19)22(25)24(14-23-21)11-10-17-6-4-3-5-7-17/h3-9,12-14H,10-11H2,1-2H3. The lowest BCUT2D eigenvalue weighted by Crippen LogP contribution is -2.21. The van der Waals surface area contributed by atoms with Crippen molar-refractivity contribution in [3.8, 4) is 11.1 Å². The van der Waals surface area contributed by atoms with Gasteiger partial charge in [0.2, 0.25) is 0 Å². The molecule has 0 radical (unpaired) electrons. The van der Waals surface area contributed by atoms with E-state index in [4.69, 9.17) is 0 Å². The highest BCUT2D eigenvalue weighted by Gasteiger charge is 2.14. The van der Waals surface area contributed by atoms with E-state index in [-0.39, 0.29) is 5.56 Å². The molecule has 2 aromatic carbocycles. The summed E-state index contributed by atoms with van der Waals surface area (Å²) in [5.74, 6) is 0. The molecule has 0 amide bonds. The van der Waals surface area contributed by atoms with E-state index in [9.17, 15) is 4.79 Å². The molecule has 4 rings (SSSR count). The summed E-state index contributed by atoms with van der Waals surface area (Å²) in [6.45, 7) is 4.81. The Morgan fingerprint density at radius 3 is 2.62 bits per heavy atom. The molecule has 0 spiro atoms. The highest BCUT2D eigenvalue weighted by molar-refractivity contribution is 7.17. The van der Waals surface area contributed by atoms with Gasteiger partial charge in [-0.25, -0.2) is 4.98 Å². The largest absolute Gasteiger partial charge is 0.298 e. The molecule has 0 saturated carbocycles. The van der Waals surface area contributed by atoms with Crippen LogP contribution in [0, 0.1) is 13.8 Å². The van der Waals surface area contributed by atoms with Gasteiger partial charge in [0.1, 0.15) is 4.83 Å². The van der Waals surface area contributed by atoms with Gasteiger partial charge in [-0.1, -0.05) is 54.1 Å². The van der Waals surface area contributed by atoms with Gasteiger partial charge in [0.25, 0.3) is 5.56 Å². The summed E-state index contributed by atoms with van der Waals surface area (Å²) in [5, 5.41) is 2.79. The average Bonchev–Trinajstić information content (AvgIpc) is 3.07. The van der Waals surface area contributed by atoms with Crippen LogP contribution in [-0.4, -0.2) is 9.55 Å². The highest BCUT2D eigenvalue weighted by atomic mass is 32.1. The molecule has 26 heavy (non-hydrogen) atoms. The second kappa shape index (κ2) is 6.89. The molecule has 2 heterocycles. The zero-order valence-electron chi connectivity index (χ0n) is 14.9. The molecule has 2 aromatic heterocycles. The second-order valence-electron chi connectivity index (χ2n) is 6.63. The summed E-state index contributed by atoms with van der Waals surface area (Å²) in [6, 6.07) is 16.6. The van der Waals surface area contributed by atoms with Gasteiger partial charge in [-0.3, -0.25) is 9.36 Å². The number of hydrogen-bond acceptors (Lipinski definition) is 3. The minimum Gasteiger partial charge on any atom is -0.298 e. The lowest BCUT2D eigenvalue weighted by molar-refractivity contribution is 0.663. The Kier molecular flexibility index (Phi) is 4.43. The maximum atomic E-state index is 13.1. The van der Waals surface area contributed by atoms with Gasteiger partial charge in [-0.15, -0.1) is 11.3 Å². The van der Waals surface area contributed by atoms with E-state index in [1.807, 2.05) is 18.2 Å². The number of hydrogen-bond donors (Lipinski definition) is 0. The average molecular weight is 360 g/mol. The van der Waals surface area contributed by atoms with Gasteiger partial charge in [0, 0.05) is 17.5 Å². The lowest BCUT2D eigenvalue weighted by atomic mass is 9.99. The number of nitrogens with zero attached hydrogens (tertiary/aromatic N) is 2. The molecule has 4 heteroatoms. The predicted molar refractivity (Wildman–Crippen MR) is 109 cm³/mol. The molecule has 0 aliphatic rings. The van der Waals surface area contributed by atoms with Crippen LogP contribution < -0.4 is 5.56 Å². The molecule has 3 nitrogen and oxygen atoms in total. The zero-order chi connectivity index (χ0) is 18.1. The second-order valence-corrected chi connectivity index (χ2v) is 7.48. The third-order valence-electron chi connectivity index (χ3n) is 4.72. The van der Waals surface area contributed by atoms with E-state index in [2.05, 4.69) is 54.5 Å². The van der Waals surface area contributed by atoms with Crippen LogP contribution in [0.1, 0.15) is 16.7 Å². The Hall–Kier alpha value is -2.72. The maximum absolute atomic E-state index is 13.1. The molecule has 0 N–H and O–H groups in total. The predicted octanol–water partition coefficient (Wildman–Crippen LogP) is 4.98. The topological polar surface area (TPSA) is 34.9 Å². The van der Waals surface area contributed by atoms with Crippen LogP contribution >= 0.6 is 11.3 Å². The van der Waals surface area contributed by atoms with Crippen molar-refractivity contribution in [3.63, 3.8) is 0 Å². The highest BCUT2D eigenvalue weighted by Crippen LogP contribution is 2.32. The van der Waals surface area contributed by atoms with Crippen molar-refractivity contribution in [2.45, 2.75) is 26.8 Å². The van der Waals surface area contributed by atoms with Crippen LogP contribution in [-0.2, 0) is 13.0 Å². The number of benzene rings is 2. The maximum Gasteiger partial charge on any atom is 0.262 e. The molecule has 0 bridgehead atoms. The van der Waals surface area contributed by atoms with Crippen molar-refractivity contribution in [1.29, 1.82) is 0 Å². The Labute approximate surface area is 156 Å². The first-order valence-electron chi connectivity index (χ1n) is 8.71. The number of thiophene rings is 1. The van der Waals surface area contributed by atoms with E-state index in [1.165, 1.54) is 28.0 Å². The molecular formula is C22H20N2OS. The lowest BCUT2D eigenvalue weighted by Gasteiger charge is -2.08. The minimum atomic E-state index is 0.0437. The molecule has 0 aliphatic heterocycles. The first kappa shape index (κ1) is 16.7. The van der Waals surface area contributed by atoms with Gasteiger partial charge in [-0.2, -0.15) is 0 Å². The van der Waals surface area contributed by atoms with E-state index in [0.717, 1.165) is 27.8 Å². The van der Waals surface area contributed by atoms with Gasteiger partial charge in [0.15, 0.2) is 0 Å². The SMILES string of the molecule is Cc1ccc(-c2csc3ncn(CCc4ccccc4)c(=O)c23)c(C)c1. The van der Waals surface area contributed by atoms with Crippen LogP contribution in [0.25, 0.3) is 21.3 Å². The molecule has 130 valence electrons. The van der Waals surface area contributed by atoms with Crippen molar-refractivity contribution in [3.05, 3.63) is 87.3 Å². The normalized spacial score (nSPS) is 11.2. The summed E-state index contributed by atoms with van der Waals surface area (Å²) >= 11 is 1.53. The fourth-order valence-electron chi connectivity index (χ4n) is 3.34. The quantitative estimate of drug-likeness (QED) is 0.514. The third-order valence-corrected chi connectivity index (χ3v) is 5.60. The Bertz CT molecular complexity index is 1130. The van der Waals surface area contributed by atoms with E-state index in [1.54, 1.807) is 10.9 Å². The fourth-order valence-corrected chi connectivity index (χ4v) is 4.23. The van der Waals surface area contributed by atoms with Crippen LogP contribution in [0.2, 0.25) is 0 Å². The molecule has 0 aliphatic carbocycles. The van der Waals surface area contributed by atoms with Gasteiger partial charge in [0.05, 0.1) is 11.7 Å². The monoisotopic (exact) mass is 360 g/mol. The van der Waals surface area contributed by atoms with Gasteiger partial charge >= 0.3 is 0 Å². The molecule has 0 saturated heterocycles. The zero-order valence-corrected chi connectivity index (χ0v) is 15.7. The van der Waals surface area contributed by atoms with Crippen molar-refractivity contribution in [1.82, 2.24) is 9.55 Å². The number of fused-ring (bicyclic) bond motifs is 1. The number of aryl methyl sites for hydroxylation is 4. The van der Waals surface area contributed by atoms with E-state index in [0.29, 0.717) is 6.54 Å². The van der Waals surface area contributed by atoms with E-state index < -0.39 is 0 Å². The minimum absolute atomic E-state index is 0.0437. The van der Waals surface area contributed by atoms with Crippen molar-refractivity contribution in [2.75, 3.05) is 0 Å². The Balaban J connectivity index is 1.76. The summed E-state index contributed by atoms with van der Waals surface area (Å²) in [6.07, 6.45) is 2.49. The van der Waals surface area contributed by atoms with Crippen LogP contribution in [0.4, 0.5) is 0 Å². The molecule has 0 fully saturated rings. The third kappa shape index (κ3) is 3.08. The van der Waals surface area contributed by atoms with Crippen LogP contribution in [0.3, 0.4) is 0 Å². The number of rotatable bonds is 4. The summed E-state index contributed by atoms with van der Waals surface area (Å²) < 4.78 is 1.73. The van der Waals surface area contributed by atoms with Crippen molar-refractivity contribution >= 4 is 21.6 Å². The molecule has 0 unspecified atom stereocenters. The Morgan fingerprint density at radius 2 is 1.85 bits per heavy atom. The first-order chi connectivity index (χ1) is 12.6. The summed E-state index contributed by atoms with van der Waals surface area (Å²) in [5.41, 5.74) is 5.78. The summed E-state index contributed by atoms with van der Waals surface area (Å²) in [4.78, 5) is 18.4. The fraction of sp³-hybridized carbons (Fsp3) is 0.182. The molecule has 4 aromatic rings. The first-order valence-corrected chi connectivity index (χ1v) is 9.59. The number of aromatic nitrogens is 2. The molecule has 0 atom stereocenters. The Morgan fingerprint density at radius 1 is 1.04 bits per heavy atom. The molecular weight excluding hydrogens is 340 g/mol. The van der Waals surface area contributed by atoms with E-state index >= 15 is 0 Å². The van der Waals surface area contributed by atoms with Gasteiger partial charge in [-0.05, 0) is 37.0 Å². The van der Waals surface area contributed by atoms with Crippen molar-refractivity contribution in [2.24, 2.45) is 0 Å². The van der Waals surface area contributed by atoms with Gasteiger partial charge < -0.3 is 0 Å². The smallest absolute Gasteiger partial charge is 0.262 e. The van der Waals surface area contributed by atoms with Crippen LogP contribution in [0.5, 0.6) is 0 Å². The summed E-state index contributed by atoms with van der Waals surface area (Å²) in [7, 11) is 0.